The molecule has 1 aliphatic heterocycles. The molecule has 1 fully saturated rings. The normalized spacial score (nSPS) is 24.1. The third-order valence-electron chi connectivity index (χ3n) is 9.52. The molecular formula is C37H32N4O5. The molecule has 0 bridgehead atoms. The Morgan fingerprint density at radius 1 is 0.848 bits per heavy atom. The van der Waals surface area contributed by atoms with Crippen LogP contribution in [-0.2, 0) is 19.2 Å². The van der Waals surface area contributed by atoms with E-state index in [0.717, 1.165) is 11.3 Å². The van der Waals surface area contributed by atoms with E-state index >= 15 is 0 Å². The van der Waals surface area contributed by atoms with Gasteiger partial charge in [0.2, 0.25) is 11.8 Å². The molecule has 9 nitrogen and oxygen atoms in total. The van der Waals surface area contributed by atoms with Crippen molar-refractivity contribution in [2.24, 2.45) is 28.0 Å². The standard InChI is InChI=1S/C37H32N4O5/c1-20-17-31(43)34-30(35(20)44)19-29-27(32(34)21-5-4-6-26(42)18-21)15-16-28-33(29)37(46)41(36(28)45)25-13-9-23(10-14-25)39-38-22-7-11-24(12-8-22)40(2)3/h4-15,17-18,28-29,32-33,42H,16,19H2,1-3H3. The van der Waals surface area contributed by atoms with Crippen molar-refractivity contribution in [2.75, 3.05) is 23.9 Å². The first kappa shape index (κ1) is 29.3. The van der Waals surface area contributed by atoms with Crippen molar-refractivity contribution in [3.05, 3.63) is 113 Å². The molecule has 0 saturated carbocycles. The Morgan fingerprint density at radius 3 is 2.17 bits per heavy atom. The number of Topliss-reactive ketones (excluding diaryl/α,β-unsaturated/α-hetero) is 1. The fourth-order valence-electron chi connectivity index (χ4n) is 7.32. The van der Waals surface area contributed by atoms with Gasteiger partial charge in [0.1, 0.15) is 5.75 Å². The lowest BCUT2D eigenvalue weighted by Crippen LogP contribution is -2.39. The van der Waals surface area contributed by atoms with Crippen molar-refractivity contribution >= 4 is 46.1 Å². The zero-order valence-corrected chi connectivity index (χ0v) is 25.7. The van der Waals surface area contributed by atoms with E-state index in [0.29, 0.717) is 45.8 Å². The van der Waals surface area contributed by atoms with Gasteiger partial charge in [0.25, 0.3) is 0 Å². The van der Waals surface area contributed by atoms with Crippen LogP contribution >= 0.6 is 0 Å². The van der Waals surface area contributed by atoms with Crippen molar-refractivity contribution in [1.29, 1.82) is 0 Å². The van der Waals surface area contributed by atoms with E-state index < -0.39 is 23.7 Å². The predicted octanol–water partition coefficient (Wildman–Crippen LogP) is 6.51. The Morgan fingerprint density at radius 2 is 1.52 bits per heavy atom. The molecule has 230 valence electrons. The first-order chi connectivity index (χ1) is 22.1. The van der Waals surface area contributed by atoms with E-state index in [1.165, 1.54) is 11.0 Å². The van der Waals surface area contributed by atoms with Crippen LogP contribution in [0, 0.1) is 17.8 Å². The number of ketones is 2. The summed E-state index contributed by atoms with van der Waals surface area (Å²) < 4.78 is 0. The van der Waals surface area contributed by atoms with Gasteiger partial charge in [-0.2, -0.15) is 10.2 Å². The highest BCUT2D eigenvalue weighted by molar-refractivity contribution is 6.25. The molecule has 1 N–H and O–H groups in total. The van der Waals surface area contributed by atoms with Crippen LogP contribution in [0.1, 0.15) is 31.2 Å². The number of fused-ring (bicyclic) bond motifs is 3. The maximum Gasteiger partial charge on any atom is 0.238 e. The number of aromatic hydroxyl groups is 1. The second kappa shape index (κ2) is 11.2. The monoisotopic (exact) mass is 612 g/mol. The highest BCUT2D eigenvalue weighted by Gasteiger charge is 2.56. The summed E-state index contributed by atoms with van der Waals surface area (Å²) in [7, 11) is 3.93. The summed E-state index contributed by atoms with van der Waals surface area (Å²) in [6.45, 7) is 1.62. The van der Waals surface area contributed by atoms with Crippen molar-refractivity contribution in [3.8, 4) is 5.75 Å². The molecule has 0 aromatic heterocycles. The summed E-state index contributed by atoms with van der Waals surface area (Å²) in [4.78, 5) is 58.0. The zero-order valence-electron chi connectivity index (χ0n) is 25.7. The minimum Gasteiger partial charge on any atom is -0.508 e. The first-order valence-electron chi connectivity index (χ1n) is 15.3. The van der Waals surface area contributed by atoms with Crippen molar-refractivity contribution in [2.45, 2.75) is 25.7 Å². The van der Waals surface area contributed by atoms with Crippen LogP contribution in [0.15, 0.2) is 117 Å². The molecule has 9 heteroatoms. The molecule has 46 heavy (non-hydrogen) atoms. The highest BCUT2D eigenvalue weighted by Crippen LogP contribution is 2.55. The highest BCUT2D eigenvalue weighted by atomic mass is 16.3. The van der Waals surface area contributed by atoms with E-state index in [-0.39, 0.29) is 35.6 Å². The third kappa shape index (κ3) is 4.79. The second-order valence-corrected chi connectivity index (χ2v) is 12.5. The summed E-state index contributed by atoms with van der Waals surface area (Å²) in [5.74, 6) is -3.31. The number of hydrogen-bond donors (Lipinski definition) is 1. The Hall–Kier alpha value is -5.44. The molecule has 4 atom stereocenters. The minimum absolute atomic E-state index is 0.0425. The first-order valence-corrected chi connectivity index (χ1v) is 15.3. The van der Waals surface area contributed by atoms with Crippen LogP contribution < -0.4 is 9.80 Å². The summed E-state index contributed by atoms with van der Waals surface area (Å²) >= 11 is 0. The molecule has 0 spiro atoms. The second-order valence-electron chi connectivity index (χ2n) is 12.5. The van der Waals surface area contributed by atoms with Gasteiger partial charge in [-0.05, 0) is 98.0 Å². The molecule has 0 radical (unpaired) electrons. The Labute approximate surface area is 266 Å². The number of phenolic OH excluding ortho intramolecular Hbond substituents is 1. The number of anilines is 2. The number of nitrogens with zero attached hydrogens (tertiary/aromatic N) is 4. The Bertz CT molecular complexity index is 1930. The number of carbonyl (C=O) groups excluding carboxylic acids is 4. The van der Waals surface area contributed by atoms with Gasteiger partial charge in [0.05, 0.1) is 28.9 Å². The van der Waals surface area contributed by atoms with Crippen molar-refractivity contribution in [1.82, 2.24) is 0 Å². The minimum atomic E-state index is -0.681. The Kier molecular flexibility index (Phi) is 7.11. The zero-order chi connectivity index (χ0) is 32.3. The number of rotatable bonds is 5. The lowest BCUT2D eigenvalue weighted by atomic mass is 9.59. The molecule has 7 rings (SSSR count). The van der Waals surface area contributed by atoms with E-state index in [4.69, 9.17) is 0 Å². The maximum absolute atomic E-state index is 14.2. The lowest BCUT2D eigenvalue weighted by molar-refractivity contribution is -0.123. The molecule has 3 aromatic rings. The molecule has 2 amide bonds. The maximum atomic E-state index is 14.2. The molecule has 4 unspecified atom stereocenters. The smallest absolute Gasteiger partial charge is 0.238 e. The molecule has 4 aliphatic rings. The van der Waals surface area contributed by atoms with Crippen LogP contribution in [-0.4, -0.2) is 42.6 Å². The number of amides is 2. The van der Waals surface area contributed by atoms with E-state index in [2.05, 4.69) is 10.2 Å². The van der Waals surface area contributed by atoms with Gasteiger partial charge in [0.15, 0.2) is 11.6 Å². The SMILES string of the molecule is CC1=CC(=O)C2=C(CC3C(=CCC4C(=O)N(c5ccc(N=Nc6ccc(N(C)C)cc6)cc5)C(=O)C43)C2c2cccc(O)c2)C1=O. The van der Waals surface area contributed by atoms with Gasteiger partial charge in [0, 0.05) is 42.4 Å². The number of allylic oxidation sites excluding steroid dienone is 6. The van der Waals surface area contributed by atoms with Crippen LogP contribution in [0.3, 0.4) is 0 Å². The topological polar surface area (TPSA) is 120 Å². The summed E-state index contributed by atoms with van der Waals surface area (Å²) in [5.41, 5.74) is 5.44. The fourth-order valence-corrected chi connectivity index (χ4v) is 7.32. The van der Waals surface area contributed by atoms with Crippen LogP contribution in [0.5, 0.6) is 5.75 Å². The molecular weight excluding hydrogens is 580 g/mol. The third-order valence-corrected chi connectivity index (χ3v) is 9.52. The van der Waals surface area contributed by atoms with Gasteiger partial charge in [-0.3, -0.25) is 24.1 Å². The number of azo groups is 1. The quantitative estimate of drug-likeness (QED) is 0.152. The van der Waals surface area contributed by atoms with Crippen LogP contribution in [0.4, 0.5) is 22.7 Å². The van der Waals surface area contributed by atoms with E-state index in [1.807, 2.05) is 55.4 Å². The number of phenols is 1. The number of imide groups is 1. The average molecular weight is 613 g/mol. The summed E-state index contributed by atoms with van der Waals surface area (Å²) in [6.07, 6.45) is 3.89. The summed E-state index contributed by atoms with van der Waals surface area (Å²) in [5, 5.41) is 18.9. The number of benzene rings is 3. The van der Waals surface area contributed by atoms with Gasteiger partial charge in [-0.25, -0.2) is 0 Å². The summed E-state index contributed by atoms with van der Waals surface area (Å²) in [6, 6.07) is 21.2. The van der Waals surface area contributed by atoms with Crippen molar-refractivity contribution in [3.63, 3.8) is 0 Å². The lowest BCUT2D eigenvalue weighted by Gasteiger charge is -2.42. The molecule has 1 saturated heterocycles. The van der Waals surface area contributed by atoms with Crippen LogP contribution in [0.25, 0.3) is 0 Å². The van der Waals surface area contributed by atoms with Gasteiger partial charge >= 0.3 is 0 Å². The van der Waals surface area contributed by atoms with E-state index in [9.17, 15) is 24.3 Å². The largest absolute Gasteiger partial charge is 0.508 e. The fraction of sp³-hybridized carbons (Fsp3) is 0.243. The van der Waals surface area contributed by atoms with Crippen molar-refractivity contribution < 1.29 is 24.3 Å². The van der Waals surface area contributed by atoms with Gasteiger partial charge in [-0.1, -0.05) is 23.8 Å². The van der Waals surface area contributed by atoms with Crippen LogP contribution in [0.2, 0.25) is 0 Å². The average Bonchev–Trinajstić information content (AvgIpc) is 3.31. The molecule has 1 heterocycles. The number of hydrogen-bond acceptors (Lipinski definition) is 8. The van der Waals surface area contributed by atoms with Gasteiger partial charge < -0.3 is 10.0 Å². The molecule has 3 aliphatic carbocycles. The van der Waals surface area contributed by atoms with E-state index in [1.54, 1.807) is 49.4 Å². The predicted molar refractivity (Wildman–Crippen MR) is 173 cm³/mol. The number of carbonyl (C=O) groups is 4. The molecule has 3 aromatic carbocycles. The Balaban J connectivity index is 1.19. The van der Waals surface area contributed by atoms with Gasteiger partial charge in [-0.15, -0.1) is 0 Å².